The predicted octanol–water partition coefficient (Wildman–Crippen LogP) is 6.82. The lowest BCUT2D eigenvalue weighted by Crippen LogP contribution is -2.47. The average molecular weight is 1920 g/mol. The number of hydrogen-bond donors (Lipinski definition) is 12. The summed E-state index contributed by atoms with van der Waals surface area (Å²) in [4.78, 5) is 51.3. The molecule has 0 spiro atoms. The Morgan fingerprint density at radius 3 is 1.14 bits per heavy atom. The second kappa shape index (κ2) is 35.6. The number of carbonyl (C=O) groups is 1. The normalized spacial score (nSPS) is 35.3. The fourth-order valence-electron chi connectivity index (χ4n) is 11.5. The first-order chi connectivity index (χ1) is 60.3. The highest BCUT2D eigenvalue weighted by molar-refractivity contribution is 7.71. The number of aromatic amines is 3. The van der Waals surface area contributed by atoms with Gasteiger partial charge in [0.1, 0.15) is 127 Å². The van der Waals surface area contributed by atoms with Crippen LogP contribution in [0.4, 0.5) is 52.7 Å². The SMILES string of the molecule is O=c1[nH]c(=S)n([C@@H]2O[C@](F)(COP3(=O)OCc4cc(F)ccc4O3)[C@@H](O)[C@H]2O)cc1F.[2H]C([2H])(OP1(=O)OCc2cc(F)ccc2O1)[C@@]1(F)O[C@@H](n2cc(F)c(=O)[nH]c2=S)[C@H](O)[C@@H]1O.[2H]C([2H])(OP1(=O)OCc2cc(F)ccc2O1)[C@@]1(F)O[C@@]([2H])(N2C=C(F)C(=O)NC2=C)[C@H](O)[C@@H]1O.[2H][C@@]1(n2cc(F)c(=O)[nH]c2=S)O[C@](F)(COP2(=O)OCc3cc(F)ccc3O2)[C@@H](O)[C@H]1O. The number of nitrogens with one attached hydrogen (secondary N) is 4. The molecule has 3 aromatic heterocycles. The number of ether oxygens (including phenoxy) is 4. The van der Waals surface area contributed by atoms with Crippen molar-refractivity contribution in [3.05, 3.63) is 224 Å². The quantitative estimate of drug-likeness (QED) is 0.0268. The number of halogens is 12. The number of phosphoric acid groups is 4. The summed E-state index contributed by atoms with van der Waals surface area (Å²) in [5, 5.41) is 83.6. The van der Waals surface area contributed by atoms with E-state index in [1.165, 1.54) is 6.07 Å². The Balaban J connectivity index is 0.000000148. The van der Waals surface area contributed by atoms with Crippen LogP contribution in [0.5, 0.6) is 23.0 Å². The molecule has 0 bridgehead atoms. The Bertz CT molecular complexity index is 6360. The van der Waals surface area contributed by atoms with Crippen LogP contribution in [0.2, 0.25) is 0 Å². The molecule has 12 heterocycles. The molecule has 59 heteroatoms. The van der Waals surface area contributed by atoms with Gasteiger partial charge in [0.25, 0.3) is 46.0 Å². The first kappa shape index (κ1) is 84.9. The van der Waals surface area contributed by atoms with Crippen molar-refractivity contribution >= 4 is 73.9 Å². The third-order valence-corrected chi connectivity index (χ3v) is 23.7. The lowest BCUT2D eigenvalue weighted by Gasteiger charge is -2.33. The largest absolute Gasteiger partial charge is 0.530 e. The van der Waals surface area contributed by atoms with Gasteiger partial charge < -0.3 is 88.1 Å². The minimum atomic E-state index is -4.96. The fourth-order valence-corrected chi connectivity index (χ4v) is 16.9. The van der Waals surface area contributed by atoms with Gasteiger partial charge in [-0.3, -0.25) is 84.0 Å². The van der Waals surface area contributed by atoms with Crippen LogP contribution in [0.1, 0.15) is 49.1 Å². The monoisotopic (exact) mass is 1920 g/mol. The molecule has 9 aliphatic rings. The van der Waals surface area contributed by atoms with Crippen molar-refractivity contribution < 1.29 is 198 Å². The van der Waals surface area contributed by atoms with Crippen LogP contribution >= 0.6 is 67.9 Å². The number of aliphatic hydroxyl groups is 8. The first-order valence-electron chi connectivity index (χ1n) is 37.0. The van der Waals surface area contributed by atoms with Crippen molar-refractivity contribution in [3.63, 3.8) is 0 Å². The van der Waals surface area contributed by atoms with E-state index < -0.39 is 264 Å². The fraction of sp³-hybridized carbons (Fsp3) is 0.369. The number of benzene rings is 4. The third-order valence-electron chi connectivity index (χ3n) is 17.8. The van der Waals surface area contributed by atoms with Crippen LogP contribution in [-0.2, 0) is 105 Å². The third kappa shape index (κ3) is 19.5. The van der Waals surface area contributed by atoms with Crippen LogP contribution in [0.25, 0.3) is 0 Å². The summed E-state index contributed by atoms with van der Waals surface area (Å²) >= 11 is 14.4. The summed E-state index contributed by atoms with van der Waals surface area (Å²) in [6.45, 7) is -8.88. The zero-order valence-corrected chi connectivity index (χ0v) is 66.7. The van der Waals surface area contributed by atoms with Crippen LogP contribution < -0.4 is 40.1 Å². The van der Waals surface area contributed by atoms with E-state index >= 15 is 17.6 Å². The maximum absolute atomic E-state index is 15.8. The number of phosphoric ester groups is 4. The summed E-state index contributed by atoms with van der Waals surface area (Å²) in [6, 6.07) is 12.5. The molecule has 4 saturated heterocycles. The van der Waals surface area contributed by atoms with Crippen LogP contribution in [0.15, 0.2) is 130 Å². The lowest BCUT2D eigenvalue weighted by molar-refractivity contribution is -0.208. The van der Waals surface area contributed by atoms with E-state index in [1.807, 2.05) is 20.3 Å². The van der Waals surface area contributed by atoms with Crippen LogP contribution in [0.3, 0.4) is 0 Å². The molecule has 4 unspecified atom stereocenters. The molecular weight excluding hydrogens is 1850 g/mol. The molecular formula is C65H58F12N8O32P4S3. The summed E-state index contributed by atoms with van der Waals surface area (Å²) < 4.78 is 347. The van der Waals surface area contributed by atoms with Crippen molar-refractivity contribution in [1.82, 2.24) is 38.9 Å². The molecule has 9 aliphatic heterocycles. The van der Waals surface area contributed by atoms with Gasteiger partial charge in [0, 0.05) is 28.5 Å². The summed E-state index contributed by atoms with van der Waals surface area (Å²) in [5.41, 5.74) is -2.95. The van der Waals surface area contributed by atoms with E-state index in [9.17, 15) is 113 Å². The number of carbonyl (C=O) groups excluding carboxylic acids is 1. The highest BCUT2D eigenvalue weighted by atomic mass is 32.1. The number of hydrogen-bond acceptors (Lipinski definition) is 36. The van der Waals surface area contributed by atoms with E-state index in [2.05, 4.69) is 15.6 Å². The van der Waals surface area contributed by atoms with Gasteiger partial charge >= 0.3 is 31.3 Å². The second-order valence-electron chi connectivity index (χ2n) is 26.2. The van der Waals surface area contributed by atoms with Gasteiger partial charge in [-0.25, -0.2) is 53.4 Å². The van der Waals surface area contributed by atoms with Gasteiger partial charge in [-0.1, -0.05) is 6.58 Å². The zero-order chi connectivity index (χ0) is 95.6. The Morgan fingerprint density at radius 2 is 0.750 bits per heavy atom. The molecule has 16 rings (SSSR count). The highest BCUT2D eigenvalue weighted by Crippen LogP contribution is 2.60. The van der Waals surface area contributed by atoms with Crippen molar-refractivity contribution in [2.45, 2.75) is 124 Å². The van der Waals surface area contributed by atoms with E-state index in [1.54, 1.807) is 0 Å². The summed E-state index contributed by atoms with van der Waals surface area (Å²) in [7, 11) is -18.7. The number of amides is 1. The number of fused-ring (bicyclic) bond motifs is 4. The van der Waals surface area contributed by atoms with Crippen molar-refractivity contribution in [3.8, 4) is 23.0 Å². The second-order valence-corrected chi connectivity index (χ2v) is 33.6. The predicted molar refractivity (Wildman–Crippen MR) is 386 cm³/mol. The van der Waals surface area contributed by atoms with Gasteiger partial charge in [0.15, 0.2) is 39.2 Å². The number of nitrogens with zero attached hydrogens (tertiary/aromatic N) is 4. The Morgan fingerprint density at radius 1 is 0.452 bits per heavy atom. The zero-order valence-electron chi connectivity index (χ0n) is 66.7. The summed E-state index contributed by atoms with van der Waals surface area (Å²) in [6.07, 6.45) is -27.6. The first-order valence-corrected chi connectivity index (χ1v) is 41.1. The highest BCUT2D eigenvalue weighted by Gasteiger charge is 2.62. The molecule has 4 fully saturated rings. The molecule has 0 aliphatic carbocycles. The number of aliphatic hydroxyl groups excluding tert-OH is 8. The molecule has 20 atom stereocenters. The van der Waals surface area contributed by atoms with E-state index in [4.69, 9.17) is 109 Å². The van der Waals surface area contributed by atoms with Crippen molar-refractivity contribution in [2.75, 3.05) is 26.3 Å². The van der Waals surface area contributed by atoms with Gasteiger partial charge in [-0.05, 0) is 109 Å². The molecule has 672 valence electrons. The topological polar surface area (TPSA) is 524 Å². The van der Waals surface area contributed by atoms with E-state index in [-0.39, 0.29) is 51.9 Å². The van der Waals surface area contributed by atoms with E-state index in [0.717, 1.165) is 66.7 Å². The Kier molecular flexibility index (Phi) is 24.3. The number of alkyl halides is 4. The van der Waals surface area contributed by atoms with Gasteiger partial charge in [-0.15, -0.1) is 0 Å². The lowest BCUT2D eigenvalue weighted by atomic mass is 10.1. The van der Waals surface area contributed by atoms with Crippen LogP contribution in [0, 0.1) is 55.0 Å². The Hall–Kier alpha value is -8.59. The maximum Gasteiger partial charge on any atom is 0.530 e. The minimum absolute atomic E-state index is 0.00953. The van der Waals surface area contributed by atoms with Crippen molar-refractivity contribution in [1.29, 1.82) is 0 Å². The molecule has 12 N–H and O–H groups in total. The molecule has 0 saturated carbocycles. The molecule has 7 aromatic rings. The molecule has 1 amide bonds. The smallest absolute Gasteiger partial charge is 0.404 e. The van der Waals surface area contributed by atoms with Gasteiger partial charge in [-0.2, -0.15) is 17.6 Å². The van der Waals surface area contributed by atoms with Crippen molar-refractivity contribution in [2.24, 2.45) is 0 Å². The standard InChI is InChI=1S/C17H16F3N2O8P.3C16H14F3N2O8PS/c1-8-21-15(25)11(19)5-22(8)16-13(23)14(24)17(20,29-16)7-28-31(26)27-6-9-4-10(18)2-3-12(9)30-31;3*17-8-1-2-10-7(3-8)5-26-30(25,29-10)27-6-16(19)12(23)11(22)14(28-16)21-4-9(18)13(24)20-15(21)31/h2-5,13-14,16,23-24H,1,6-7H2,(H,21,25);3*1-4,11-12,14,22-23H,5-6H2,(H,20,24,31)/t13-,14+,16-,17-,31?;3*11-,12+,14-,16-,30?/m1111/s1/i7D2,16D;14D;6D2;. The molecule has 4 aromatic carbocycles. The number of rotatable bonds is 16. The molecule has 124 heavy (non-hydrogen) atoms. The van der Waals surface area contributed by atoms with Gasteiger partial charge in [0.05, 0.1) is 53.2 Å². The maximum atomic E-state index is 15.8. The number of aromatic nitrogens is 6. The summed E-state index contributed by atoms with van der Waals surface area (Å²) in [5.74, 6) is -25.0. The average Bonchev–Trinajstić information content (AvgIpc) is 1.55. The van der Waals surface area contributed by atoms with E-state index in [0.29, 0.717) is 43.4 Å². The molecule has 0 radical (unpaired) electrons. The van der Waals surface area contributed by atoms with Gasteiger partial charge in [0.2, 0.25) is 23.3 Å². The number of H-pyrrole nitrogens is 3. The molecule has 40 nitrogen and oxygen atoms in total. The minimum Gasteiger partial charge on any atom is -0.404 e. The van der Waals surface area contributed by atoms with Crippen LogP contribution in [-0.4, -0.2) is 185 Å². The Labute approximate surface area is 705 Å².